The maximum absolute atomic E-state index is 13.4. The Labute approximate surface area is 124 Å². The van der Waals surface area contributed by atoms with Crippen LogP contribution < -0.4 is 0 Å². The molecule has 5 nitrogen and oxygen atoms in total. The van der Waals surface area contributed by atoms with E-state index in [1.54, 1.807) is 14.0 Å². The summed E-state index contributed by atoms with van der Waals surface area (Å²) in [6, 6.07) is 3.28. The van der Waals surface area contributed by atoms with Crippen molar-refractivity contribution in [2.45, 2.75) is 18.4 Å². The van der Waals surface area contributed by atoms with Crippen LogP contribution in [0.5, 0.6) is 0 Å². The molecule has 0 spiro atoms. The Bertz CT molecular complexity index is 647. The van der Waals surface area contributed by atoms with Gasteiger partial charge >= 0.3 is 0 Å². The summed E-state index contributed by atoms with van der Waals surface area (Å²) in [7, 11) is 1.62. The van der Waals surface area contributed by atoms with Gasteiger partial charge < -0.3 is 4.90 Å². The van der Waals surface area contributed by atoms with E-state index in [9.17, 15) is 13.6 Å². The van der Waals surface area contributed by atoms with Crippen molar-refractivity contribution in [1.82, 2.24) is 20.1 Å². The average Bonchev–Trinajstić information content (AvgIpc) is 2.82. The van der Waals surface area contributed by atoms with Gasteiger partial charge in [0.25, 0.3) is 0 Å². The Balaban J connectivity index is 1.89. The van der Waals surface area contributed by atoms with Crippen LogP contribution in [0.25, 0.3) is 0 Å². The summed E-state index contributed by atoms with van der Waals surface area (Å²) in [5.74, 6) is -0.246. The highest BCUT2D eigenvalue weighted by Gasteiger charge is 2.13. The highest BCUT2D eigenvalue weighted by Crippen LogP contribution is 2.22. The van der Waals surface area contributed by atoms with Crippen molar-refractivity contribution in [3.63, 3.8) is 0 Å². The van der Waals surface area contributed by atoms with Gasteiger partial charge in [0.2, 0.25) is 5.91 Å². The Morgan fingerprint density at radius 3 is 2.81 bits per heavy atom. The first-order chi connectivity index (χ1) is 9.95. The van der Waals surface area contributed by atoms with Crippen LogP contribution in [0.4, 0.5) is 8.78 Å². The number of rotatable bonds is 5. The first-order valence-corrected chi connectivity index (χ1v) is 7.14. The van der Waals surface area contributed by atoms with Gasteiger partial charge in [0, 0.05) is 18.0 Å². The predicted molar refractivity (Wildman–Crippen MR) is 74.7 cm³/mol. The number of carbonyl (C=O) groups excluding carboxylic acids is 1. The Kier molecular flexibility index (Phi) is 4.89. The van der Waals surface area contributed by atoms with Crippen LogP contribution in [0.3, 0.4) is 0 Å². The molecule has 0 aliphatic carbocycles. The van der Waals surface area contributed by atoms with Crippen LogP contribution in [0.15, 0.2) is 23.1 Å². The summed E-state index contributed by atoms with van der Waals surface area (Å²) in [5, 5.41) is 6.64. The van der Waals surface area contributed by atoms with Crippen LogP contribution in [0.2, 0.25) is 0 Å². The molecule has 112 valence electrons. The van der Waals surface area contributed by atoms with Gasteiger partial charge in [-0.15, -0.1) is 11.8 Å². The van der Waals surface area contributed by atoms with Crippen molar-refractivity contribution < 1.29 is 13.6 Å². The number of nitrogens with zero attached hydrogens (tertiary/aromatic N) is 3. The molecule has 0 saturated carbocycles. The summed E-state index contributed by atoms with van der Waals surface area (Å²) in [6.07, 6.45) is 0. The van der Waals surface area contributed by atoms with Gasteiger partial charge in [0.15, 0.2) is 5.82 Å². The van der Waals surface area contributed by atoms with Gasteiger partial charge in [-0.2, -0.15) is 5.10 Å². The minimum atomic E-state index is -0.667. The number of halogens is 2. The van der Waals surface area contributed by atoms with Crippen LogP contribution in [0, 0.1) is 18.6 Å². The number of hydrogen-bond acceptors (Lipinski definition) is 4. The highest BCUT2D eigenvalue weighted by atomic mass is 32.2. The van der Waals surface area contributed by atoms with E-state index in [-0.39, 0.29) is 23.1 Å². The molecule has 2 aromatic rings. The number of hydrogen-bond donors (Lipinski definition) is 1. The number of thioether (sulfide) groups is 1. The molecule has 0 saturated heterocycles. The molecule has 1 heterocycles. The molecule has 0 fully saturated rings. The maximum Gasteiger partial charge on any atom is 0.233 e. The summed E-state index contributed by atoms with van der Waals surface area (Å²) in [6.45, 7) is 2.04. The number of amides is 1. The topological polar surface area (TPSA) is 61.9 Å². The van der Waals surface area contributed by atoms with Crippen LogP contribution >= 0.6 is 11.8 Å². The zero-order chi connectivity index (χ0) is 15.4. The Morgan fingerprint density at radius 2 is 2.19 bits per heavy atom. The molecule has 0 radical (unpaired) electrons. The molecule has 1 N–H and O–H groups in total. The number of H-pyrrole nitrogens is 1. The Hall–Kier alpha value is -1.96. The molecule has 1 amide bonds. The van der Waals surface area contributed by atoms with E-state index in [1.807, 2.05) is 0 Å². The fraction of sp³-hybridized carbons (Fsp3) is 0.308. The van der Waals surface area contributed by atoms with E-state index >= 15 is 0 Å². The highest BCUT2D eigenvalue weighted by molar-refractivity contribution is 8.00. The molecule has 8 heteroatoms. The lowest BCUT2D eigenvalue weighted by molar-refractivity contribution is -0.127. The number of aromatic amines is 1. The van der Waals surface area contributed by atoms with Gasteiger partial charge in [0.1, 0.15) is 17.5 Å². The van der Waals surface area contributed by atoms with Crippen LogP contribution in [0.1, 0.15) is 11.6 Å². The molecular weight excluding hydrogens is 298 g/mol. The van der Waals surface area contributed by atoms with Gasteiger partial charge in [0.05, 0.1) is 12.3 Å². The lowest BCUT2D eigenvalue weighted by Crippen LogP contribution is -2.28. The summed E-state index contributed by atoms with van der Waals surface area (Å²) in [5.41, 5.74) is 0. The fourth-order valence-corrected chi connectivity index (χ4v) is 2.46. The van der Waals surface area contributed by atoms with Crippen LogP contribution in [-0.2, 0) is 11.3 Å². The summed E-state index contributed by atoms with van der Waals surface area (Å²) < 4.78 is 26.2. The second-order valence-corrected chi connectivity index (χ2v) is 5.47. The van der Waals surface area contributed by atoms with E-state index in [0.29, 0.717) is 11.6 Å². The molecule has 0 aliphatic rings. The number of benzene rings is 1. The number of aromatic nitrogens is 3. The zero-order valence-corrected chi connectivity index (χ0v) is 12.4. The first kappa shape index (κ1) is 15.4. The monoisotopic (exact) mass is 312 g/mol. The SMILES string of the molecule is Cc1nc(CN(C)C(=O)CSc2ccc(F)cc2F)n[nH]1. The number of aryl methyl sites for hydroxylation is 1. The lowest BCUT2D eigenvalue weighted by Gasteiger charge is -2.15. The minimum Gasteiger partial charge on any atom is -0.337 e. The van der Waals surface area contributed by atoms with E-state index in [4.69, 9.17) is 0 Å². The van der Waals surface area contributed by atoms with Crippen molar-refractivity contribution in [3.05, 3.63) is 41.5 Å². The number of nitrogens with one attached hydrogen (secondary N) is 1. The van der Waals surface area contributed by atoms with Crippen molar-refractivity contribution in [1.29, 1.82) is 0 Å². The first-order valence-electron chi connectivity index (χ1n) is 6.15. The quantitative estimate of drug-likeness (QED) is 0.859. The predicted octanol–water partition coefficient (Wildman–Crippen LogP) is 2.14. The average molecular weight is 312 g/mol. The second kappa shape index (κ2) is 6.66. The number of carbonyl (C=O) groups is 1. The molecule has 1 aromatic carbocycles. The minimum absolute atomic E-state index is 0.0580. The third-order valence-corrected chi connectivity index (χ3v) is 3.73. The van der Waals surface area contributed by atoms with Crippen molar-refractivity contribution >= 4 is 17.7 Å². The molecule has 0 atom stereocenters. The van der Waals surface area contributed by atoms with Crippen molar-refractivity contribution in [2.24, 2.45) is 0 Å². The van der Waals surface area contributed by atoms with Gasteiger partial charge in [-0.1, -0.05) is 0 Å². The molecular formula is C13H14F2N4OS. The smallest absolute Gasteiger partial charge is 0.233 e. The van der Waals surface area contributed by atoms with Crippen molar-refractivity contribution in [3.8, 4) is 0 Å². The third-order valence-electron chi connectivity index (χ3n) is 2.69. The van der Waals surface area contributed by atoms with E-state index in [1.165, 1.54) is 11.0 Å². The van der Waals surface area contributed by atoms with Crippen molar-refractivity contribution in [2.75, 3.05) is 12.8 Å². The Morgan fingerprint density at radius 1 is 1.43 bits per heavy atom. The van der Waals surface area contributed by atoms with E-state index in [0.717, 1.165) is 23.9 Å². The molecule has 0 unspecified atom stereocenters. The standard InChI is InChI=1S/C13H14F2N4OS/c1-8-16-12(18-17-8)6-19(2)13(20)7-21-11-4-3-9(14)5-10(11)15/h3-5H,6-7H2,1-2H3,(H,16,17,18). The zero-order valence-electron chi connectivity index (χ0n) is 11.6. The van der Waals surface area contributed by atoms with Gasteiger partial charge in [-0.25, -0.2) is 13.8 Å². The van der Waals surface area contributed by atoms with Crippen LogP contribution in [-0.4, -0.2) is 38.8 Å². The molecule has 21 heavy (non-hydrogen) atoms. The maximum atomic E-state index is 13.4. The van der Waals surface area contributed by atoms with Gasteiger partial charge in [-0.05, 0) is 19.1 Å². The second-order valence-electron chi connectivity index (χ2n) is 4.45. The molecule has 0 aliphatic heterocycles. The van der Waals surface area contributed by atoms with E-state index < -0.39 is 11.6 Å². The molecule has 0 bridgehead atoms. The summed E-state index contributed by atoms with van der Waals surface area (Å²) in [4.78, 5) is 17.8. The molecule has 2 rings (SSSR count). The van der Waals surface area contributed by atoms with Gasteiger partial charge in [-0.3, -0.25) is 9.89 Å². The largest absolute Gasteiger partial charge is 0.337 e. The van der Waals surface area contributed by atoms with E-state index in [2.05, 4.69) is 15.2 Å². The normalized spacial score (nSPS) is 10.7. The summed E-state index contributed by atoms with van der Waals surface area (Å²) >= 11 is 1.03. The molecule has 1 aromatic heterocycles. The third kappa shape index (κ3) is 4.25. The fourth-order valence-electron chi connectivity index (χ4n) is 1.60. The lowest BCUT2D eigenvalue weighted by atomic mass is 10.3.